The smallest absolute Gasteiger partial charge is 0.169 e. The largest absolute Gasteiger partial charge is 0.508 e. The molecule has 1 aliphatic rings. The summed E-state index contributed by atoms with van der Waals surface area (Å²) in [6.07, 6.45) is 0.850. The number of anilines is 1. The highest BCUT2D eigenvalue weighted by atomic mass is 16.5. The van der Waals surface area contributed by atoms with E-state index in [9.17, 15) is 5.11 Å². The number of benzene rings is 2. The standard InChI is InChI=1S/C16H17NO3/c1-10-7-11(3-4-14(10)18)13-8-12(17)9-15-16(13)20-6-2-5-19-15/h3-4,7-9,18H,2,5-6,17H2,1H3. The van der Waals surface area contributed by atoms with E-state index in [1.807, 2.05) is 25.1 Å². The quantitative estimate of drug-likeness (QED) is 0.782. The van der Waals surface area contributed by atoms with E-state index in [0.29, 0.717) is 24.7 Å². The Bertz CT molecular complexity index is 652. The lowest BCUT2D eigenvalue weighted by atomic mass is 10.0. The number of nitrogen functional groups attached to an aromatic ring is 1. The SMILES string of the molecule is Cc1cc(-c2cc(N)cc3c2OCCCO3)ccc1O. The predicted molar refractivity (Wildman–Crippen MR) is 78.3 cm³/mol. The normalized spacial score (nSPS) is 13.8. The highest BCUT2D eigenvalue weighted by molar-refractivity contribution is 5.78. The first-order valence-corrected chi connectivity index (χ1v) is 6.64. The van der Waals surface area contributed by atoms with Crippen molar-refractivity contribution in [2.75, 3.05) is 18.9 Å². The minimum Gasteiger partial charge on any atom is -0.508 e. The topological polar surface area (TPSA) is 64.7 Å². The molecule has 0 aliphatic carbocycles. The maximum atomic E-state index is 9.65. The van der Waals surface area contributed by atoms with E-state index in [-0.39, 0.29) is 5.75 Å². The Morgan fingerprint density at radius 3 is 2.70 bits per heavy atom. The van der Waals surface area contributed by atoms with E-state index in [4.69, 9.17) is 15.2 Å². The van der Waals surface area contributed by atoms with Gasteiger partial charge in [0.05, 0.1) is 13.2 Å². The van der Waals surface area contributed by atoms with Crippen molar-refractivity contribution in [3.8, 4) is 28.4 Å². The van der Waals surface area contributed by atoms with Gasteiger partial charge >= 0.3 is 0 Å². The summed E-state index contributed by atoms with van der Waals surface area (Å²) in [6.45, 7) is 3.12. The molecule has 0 spiro atoms. The fraction of sp³-hybridized carbons (Fsp3) is 0.250. The van der Waals surface area contributed by atoms with E-state index < -0.39 is 0 Å². The average Bonchev–Trinajstić information content (AvgIpc) is 2.66. The van der Waals surface area contributed by atoms with E-state index >= 15 is 0 Å². The predicted octanol–water partition coefficient (Wildman–Crippen LogP) is 3.11. The van der Waals surface area contributed by atoms with Crippen molar-refractivity contribution in [3.05, 3.63) is 35.9 Å². The van der Waals surface area contributed by atoms with Gasteiger partial charge in [0.25, 0.3) is 0 Å². The molecule has 0 saturated heterocycles. The number of nitrogens with two attached hydrogens (primary N) is 1. The molecule has 20 heavy (non-hydrogen) atoms. The third-order valence-electron chi connectivity index (χ3n) is 3.38. The van der Waals surface area contributed by atoms with Crippen LogP contribution in [0.15, 0.2) is 30.3 Å². The van der Waals surface area contributed by atoms with Gasteiger partial charge in [0.15, 0.2) is 11.5 Å². The van der Waals surface area contributed by atoms with Gasteiger partial charge in [-0.05, 0) is 36.2 Å². The lowest BCUT2D eigenvalue weighted by Crippen LogP contribution is -1.98. The van der Waals surface area contributed by atoms with Crippen LogP contribution in [0.3, 0.4) is 0 Å². The highest BCUT2D eigenvalue weighted by Gasteiger charge is 2.17. The van der Waals surface area contributed by atoms with Gasteiger partial charge in [0.1, 0.15) is 5.75 Å². The molecule has 2 aromatic carbocycles. The van der Waals surface area contributed by atoms with Crippen molar-refractivity contribution in [1.82, 2.24) is 0 Å². The van der Waals surface area contributed by atoms with Gasteiger partial charge in [0.2, 0.25) is 0 Å². The second-order valence-corrected chi connectivity index (χ2v) is 4.95. The fourth-order valence-electron chi connectivity index (χ4n) is 2.33. The molecule has 0 aromatic heterocycles. The highest BCUT2D eigenvalue weighted by Crippen LogP contribution is 2.42. The first-order chi connectivity index (χ1) is 9.65. The average molecular weight is 271 g/mol. The lowest BCUT2D eigenvalue weighted by molar-refractivity contribution is 0.297. The number of ether oxygens (including phenoxy) is 2. The third-order valence-corrected chi connectivity index (χ3v) is 3.38. The molecule has 0 saturated carbocycles. The maximum Gasteiger partial charge on any atom is 0.169 e. The van der Waals surface area contributed by atoms with Crippen molar-refractivity contribution in [2.45, 2.75) is 13.3 Å². The number of phenols is 1. The van der Waals surface area contributed by atoms with Gasteiger partial charge in [-0.3, -0.25) is 0 Å². The van der Waals surface area contributed by atoms with Crippen LogP contribution in [0, 0.1) is 6.92 Å². The van der Waals surface area contributed by atoms with Crippen LogP contribution < -0.4 is 15.2 Å². The van der Waals surface area contributed by atoms with Crippen LogP contribution in [-0.2, 0) is 0 Å². The summed E-state index contributed by atoms with van der Waals surface area (Å²) in [5, 5.41) is 9.65. The van der Waals surface area contributed by atoms with Gasteiger partial charge in [-0.25, -0.2) is 0 Å². The zero-order valence-corrected chi connectivity index (χ0v) is 11.3. The fourth-order valence-corrected chi connectivity index (χ4v) is 2.33. The first-order valence-electron chi connectivity index (χ1n) is 6.64. The summed E-state index contributed by atoms with van der Waals surface area (Å²) >= 11 is 0. The summed E-state index contributed by atoms with van der Waals surface area (Å²) in [5.41, 5.74) is 9.25. The van der Waals surface area contributed by atoms with E-state index in [1.54, 1.807) is 12.1 Å². The molecule has 3 N–H and O–H groups in total. The van der Waals surface area contributed by atoms with Crippen LogP contribution in [0.1, 0.15) is 12.0 Å². The van der Waals surface area contributed by atoms with Crippen LogP contribution in [-0.4, -0.2) is 18.3 Å². The van der Waals surface area contributed by atoms with Gasteiger partial charge in [-0.1, -0.05) is 6.07 Å². The molecule has 1 heterocycles. The molecular formula is C16H17NO3. The van der Waals surface area contributed by atoms with Crippen LogP contribution in [0.25, 0.3) is 11.1 Å². The summed E-state index contributed by atoms with van der Waals surface area (Å²) < 4.78 is 11.5. The molecule has 0 atom stereocenters. The molecule has 0 radical (unpaired) electrons. The van der Waals surface area contributed by atoms with Crippen LogP contribution in [0.2, 0.25) is 0 Å². The number of hydrogen-bond acceptors (Lipinski definition) is 4. The molecule has 4 heteroatoms. The van der Waals surface area contributed by atoms with Crippen molar-refractivity contribution >= 4 is 5.69 Å². The summed E-state index contributed by atoms with van der Waals surface area (Å²) in [6, 6.07) is 9.11. The molecule has 0 unspecified atom stereocenters. The van der Waals surface area contributed by atoms with Gasteiger partial charge < -0.3 is 20.3 Å². The summed E-state index contributed by atoms with van der Waals surface area (Å²) in [4.78, 5) is 0. The lowest BCUT2D eigenvalue weighted by Gasteiger charge is -2.14. The summed E-state index contributed by atoms with van der Waals surface area (Å²) in [7, 11) is 0. The number of fused-ring (bicyclic) bond motifs is 1. The zero-order chi connectivity index (χ0) is 14.1. The summed E-state index contributed by atoms with van der Waals surface area (Å²) in [5.74, 6) is 1.69. The number of hydrogen-bond donors (Lipinski definition) is 2. The van der Waals surface area contributed by atoms with E-state index in [1.165, 1.54) is 0 Å². The van der Waals surface area contributed by atoms with Gasteiger partial charge in [-0.15, -0.1) is 0 Å². The third kappa shape index (κ3) is 2.25. The van der Waals surface area contributed by atoms with Crippen molar-refractivity contribution in [1.29, 1.82) is 0 Å². The second-order valence-electron chi connectivity index (χ2n) is 4.95. The van der Waals surface area contributed by atoms with Gasteiger partial charge in [0, 0.05) is 23.7 Å². The molecule has 4 nitrogen and oxygen atoms in total. The number of aromatic hydroxyl groups is 1. The monoisotopic (exact) mass is 271 g/mol. The molecule has 2 aromatic rings. The van der Waals surface area contributed by atoms with Crippen molar-refractivity contribution in [3.63, 3.8) is 0 Å². The van der Waals surface area contributed by atoms with Crippen molar-refractivity contribution < 1.29 is 14.6 Å². The molecular weight excluding hydrogens is 254 g/mol. The Kier molecular flexibility index (Phi) is 3.14. The molecule has 0 fully saturated rings. The Morgan fingerprint density at radius 1 is 1.10 bits per heavy atom. The number of phenolic OH excluding ortho intramolecular Hbond substituents is 1. The second kappa shape index (κ2) is 4.96. The molecule has 104 valence electrons. The Balaban J connectivity index is 2.17. The van der Waals surface area contributed by atoms with Crippen LogP contribution >= 0.6 is 0 Å². The Labute approximate surface area is 117 Å². The molecule has 1 aliphatic heterocycles. The maximum absolute atomic E-state index is 9.65. The first kappa shape index (κ1) is 12.7. The number of rotatable bonds is 1. The van der Waals surface area contributed by atoms with Crippen LogP contribution in [0.5, 0.6) is 17.2 Å². The number of aryl methyl sites for hydroxylation is 1. The molecule has 0 bridgehead atoms. The minimum absolute atomic E-state index is 0.279. The van der Waals surface area contributed by atoms with E-state index in [2.05, 4.69) is 0 Å². The zero-order valence-electron chi connectivity index (χ0n) is 11.3. The van der Waals surface area contributed by atoms with E-state index in [0.717, 1.165) is 28.9 Å². The Hall–Kier alpha value is -2.36. The minimum atomic E-state index is 0.279. The Morgan fingerprint density at radius 2 is 1.90 bits per heavy atom. The van der Waals surface area contributed by atoms with Crippen LogP contribution in [0.4, 0.5) is 5.69 Å². The molecule has 3 rings (SSSR count). The molecule has 0 amide bonds. The van der Waals surface area contributed by atoms with Gasteiger partial charge in [-0.2, -0.15) is 0 Å². The van der Waals surface area contributed by atoms with Crippen molar-refractivity contribution in [2.24, 2.45) is 0 Å².